The highest BCUT2D eigenvalue weighted by Gasteiger charge is 2.17. The molecule has 1 aromatic rings. The molecule has 1 aromatic heterocycles. The molecule has 0 saturated carbocycles. The van der Waals surface area contributed by atoms with Gasteiger partial charge in [-0.05, 0) is 24.6 Å². The maximum Gasteiger partial charge on any atom is 0.213 e. The molecule has 0 atom stereocenters. The minimum absolute atomic E-state index is 0.0129. The smallest absolute Gasteiger partial charge is 0.213 e. The van der Waals surface area contributed by atoms with E-state index in [1.54, 1.807) is 0 Å². The standard InChI is InChI=1S/C17H30N2O2/c1-6-8-20-9-10-21-16-12-14(13-18-7-2)11-15(19-16)17(3,4)5/h11-12,18H,6-10,13H2,1-5H3. The van der Waals surface area contributed by atoms with Crippen LogP contribution in [0.4, 0.5) is 0 Å². The van der Waals surface area contributed by atoms with E-state index in [9.17, 15) is 0 Å². The first-order valence-electron chi connectivity index (χ1n) is 7.90. The lowest BCUT2D eigenvalue weighted by molar-refractivity contribution is 0.0988. The van der Waals surface area contributed by atoms with Gasteiger partial charge in [0.15, 0.2) is 0 Å². The molecule has 0 unspecified atom stereocenters. The molecule has 4 nitrogen and oxygen atoms in total. The predicted molar refractivity (Wildman–Crippen MR) is 86.9 cm³/mol. The summed E-state index contributed by atoms with van der Waals surface area (Å²) in [7, 11) is 0. The van der Waals surface area contributed by atoms with Crippen LogP contribution >= 0.6 is 0 Å². The lowest BCUT2D eigenvalue weighted by atomic mass is 9.91. The van der Waals surface area contributed by atoms with E-state index in [-0.39, 0.29) is 5.41 Å². The molecule has 0 spiro atoms. The largest absolute Gasteiger partial charge is 0.475 e. The Hall–Kier alpha value is -1.13. The number of pyridine rings is 1. The van der Waals surface area contributed by atoms with Gasteiger partial charge in [0.2, 0.25) is 5.88 Å². The van der Waals surface area contributed by atoms with Gasteiger partial charge < -0.3 is 14.8 Å². The van der Waals surface area contributed by atoms with Gasteiger partial charge in [0.05, 0.1) is 12.3 Å². The molecule has 0 aliphatic carbocycles. The second-order valence-corrected chi connectivity index (χ2v) is 6.19. The molecule has 120 valence electrons. The van der Waals surface area contributed by atoms with Crippen molar-refractivity contribution >= 4 is 0 Å². The zero-order valence-corrected chi connectivity index (χ0v) is 14.2. The van der Waals surface area contributed by atoms with Crippen LogP contribution < -0.4 is 10.1 Å². The van der Waals surface area contributed by atoms with Crippen LogP contribution in [-0.4, -0.2) is 31.3 Å². The summed E-state index contributed by atoms with van der Waals surface area (Å²) in [6, 6.07) is 4.17. The third-order valence-corrected chi connectivity index (χ3v) is 3.04. The van der Waals surface area contributed by atoms with E-state index >= 15 is 0 Å². The summed E-state index contributed by atoms with van der Waals surface area (Å²) in [5.74, 6) is 0.690. The van der Waals surface area contributed by atoms with Crippen molar-refractivity contribution in [3.05, 3.63) is 23.4 Å². The summed E-state index contributed by atoms with van der Waals surface area (Å²) in [5.41, 5.74) is 2.28. The zero-order chi connectivity index (χ0) is 15.7. The van der Waals surface area contributed by atoms with Crippen LogP contribution in [0.25, 0.3) is 0 Å². The van der Waals surface area contributed by atoms with Crippen LogP contribution in [0.2, 0.25) is 0 Å². The van der Waals surface area contributed by atoms with Gasteiger partial charge in [-0.15, -0.1) is 0 Å². The SMILES string of the molecule is CCCOCCOc1cc(CNCC)cc(C(C)(C)C)n1. The summed E-state index contributed by atoms with van der Waals surface area (Å²) in [6.45, 7) is 14.4. The summed E-state index contributed by atoms with van der Waals surface area (Å²) >= 11 is 0. The van der Waals surface area contributed by atoms with Gasteiger partial charge in [0, 0.05) is 24.6 Å². The number of rotatable bonds is 9. The normalized spacial score (nSPS) is 11.7. The van der Waals surface area contributed by atoms with Crippen LogP contribution in [0.1, 0.15) is 52.3 Å². The number of nitrogens with zero attached hydrogens (tertiary/aromatic N) is 1. The number of hydrogen-bond donors (Lipinski definition) is 1. The Balaban J connectivity index is 2.72. The molecule has 0 saturated heterocycles. The van der Waals surface area contributed by atoms with Gasteiger partial charge in [-0.1, -0.05) is 34.6 Å². The Morgan fingerprint density at radius 1 is 1.10 bits per heavy atom. The van der Waals surface area contributed by atoms with Crippen molar-refractivity contribution in [2.24, 2.45) is 0 Å². The lowest BCUT2D eigenvalue weighted by Gasteiger charge is -2.20. The second-order valence-electron chi connectivity index (χ2n) is 6.19. The average molecular weight is 294 g/mol. The van der Waals surface area contributed by atoms with E-state index in [4.69, 9.17) is 9.47 Å². The lowest BCUT2D eigenvalue weighted by Crippen LogP contribution is -2.18. The molecule has 21 heavy (non-hydrogen) atoms. The van der Waals surface area contributed by atoms with Crippen molar-refractivity contribution in [2.75, 3.05) is 26.4 Å². The first-order valence-corrected chi connectivity index (χ1v) is 7.90. The molecular formula is C17H30N2O2. The van der Waals surface area contributed by atoms with E-state index < -0.39 is 0 Å². The van der Waals surface area contributed by atoms with Gasteiger partial charge in [-0.25, -0.2) is 4.98 Å². The van der Waals surface area contributed by atoms with E-state index in [0.717, 1.165) is 31.8 Å². The maximum absolute atomic E-state index is 5.75. The quantitative estimate of drug-likeness (QED) is 0.710. The van der Waals surface area contributed by atoms with Gasteiger partial charge >= 0.3 is 0 Å². The van der Waals surface area contributed by atoms with Crippen LogP contribution in [0.5, 0.6) is 5.88 Å². The Morgan fingerprint density at radius 2 is 1.86 bits per heavy atom. The Morgan fingerprint density at radius 3 is 2.48 bits per heavy atom. The number of ether oxygens (including phenoxy) is 2. The minimum atomic E-state index is 0.0129. The molecule has 0 bridgehead atoms. The maximum atomic E-state index is 5.75. The first-order chi connectivity index (χ1) is 9.97. The predicted octanol–water partition coefficient (Wildman–Crippen LogP) is 3.29. The average Bonchev–Trinajstić information content (AvgIpc) is 2.44. The van der Waals surface area contributed by atoms with Crippen LogP contribution in [-0.2, 0) is 16.7 Å². The molecule has 1 heterocycles. The first kappa shape index (κ1) is 17.9. The monoisotopic (exact) mass is 294 g/mol. The molecule has 0 aromatic carbocycles. The molecule has 4 heteroatoms. The van der Waals surface area contributed by atoms with Gasteiger partial charge in [0.25, 0.3) is 0 Å². The van der Waals surface area contributed by atoms with Crippen LogP contribution in [0.15, 0.2) is 12.1 Å². The van der Waals surface area contributed by atoms with Crippen LogP contribution in [0, 0.1) is 0 Å². The van der Waals surface area contributed by atoms with E-state index in [0.29, 0.717) is 19.1 Å². The number of nitrogens with one attached hydrogen (secondary N) is 1. The molecule has 0 amide bonds. The highest BCUT2D eigenvalue weighted by atomic mass is 16.5. The molecular weight excluding hydrogens is 264 g/mol. The minimum Gasteiger partial charge on any atom is -0.475 e. The second kappa shape index (κ2) is 9.00. The summed E-state index contributed by atoms with van der Waals surface area (Å²) < 4.78 is 11.2. The molecule has 0 aliphatic rings. The molecule has 1 N–H and O–H groups in total. The molecule has 0 radical (unpaired) electrons. The number of hydrogen-bond acceptors (Lipinski definition) is 4. The molecule has 0 aliphatic heterocycles. The summed E-state index contributed by atoms with van der Waals surface area (Å²) in [6.07, 6.45) is 1.03. The fourth-order valence-corrected chi connectivity index (χ4v) is 1.84. The van der Waals surface area contributed by atoms with Gasteiger partial charge in [-0.3, -0.25) is 0 Å². The number of aromatic nitrogens is 1. The van der Waals surface area contributed by atoms with Gasteiger partial charge in [0.1, 0.15) is 6.61 Å². The topological polar surface area (TPSA) is 43.4 Å². The van der Waals surface area contributed by atoms with Crippen molar-refractivity contribution in [3.8, 4) is 5.88 Å². The van der Waals surface area contributed by atoms with E-state index in [2.05, 4.69) is 51.0 Å². The van der Waals surface area contributed by atoms with Crippen molar-refractivity contribution in [3.63, 3.8) is 0 Å². The third-order valence-electron chi connectivity index (χ3n) is 3.04. The Labute approximate surface area is 129 Å². The molecule has 0 fully saturated rings. The van der Waals surface area contributed by atoms with E-state index in [1.165, 1.54) is 5.56 Å². The fourth-order valence-electron chi connectivity index (χ4n) is 1.84. The summed E-state index contributed by atoms with van der Waals surface area (Å²) in [5, 5.41) is 3.35. The van der Waals surface area contributed by atoms with Crippen molar-refractivity contribution < 1.29 is 9.47 Å². The highest BCUT2D eigenvalue weighted by molar-refractivity contribution is 5.28. The summed E-state index contributed by atoms with van der Waals surface area (Å²) in [4.78, 5) is 4.62. The van der Waals surface area contributed by atoms with E-state index in [1.807, 2.05) is 6.07 Å². The Kier molecular flexibility index (Phi) is 7.68. The zero-order valence-electron chi connectivity index (χ0n) is 14.2. The third kappa shape index (κ3) is 6.91. The van der Waals surface area contributed by atoms with Crippen molar-refractivity contribution in [2.45, 2.75) is 53.0 Å². The van der Waals surface area contributed by atoms with Gasteiger partial charge in [-0.2, -0.15) is 0 Å². The highest BCUT2D eigenvalue weighted by Crippen LogP contribution is 2.24. The Bertz CT molecular complexity index is 414. The van der Waals surface area contributed by atoms with Crippen molar-refractivity contribution in [1.29, 1.82) is 0 Å². The van der Waals surface area contributed by atoms with Crippen LogP contribution in [0.3, 0.4) is 0 Å². The fraction of sp³-hybridized carbons (Fsp3) is 0.706. The van der Waals surface area contributed by atoms with Crippen molar-refractivity contribution in [1.82, 2.24) is 10.3 Å². The molecule has 1 rings (SSSR count).